The molecule has 0 saturated carbocycles. The molecule has 8 heterocycles. The van der Waals surface area contributed by atoms with Gasteiger partial charge in [-0.25, -0.2) is 19.1 Å². The van der Waals surface area contributed by atoms with Crippen LogP contribution < -0.4 is 37.7 Å². The zero-order chi connectivity index (χ0) is 64.1. The molecule has 0 aromatic carbocycles. The van der Waals surface area contributed by atoms with Crippen molar-refractivity contribution in [2.45, 2.75) is 116 Å². The van der Waals surface area contributed by atoms with Gasteiger partial charge in [0.15, 0.2) is 34.8 Å². The molecule has 4 aromatic rings. The number of fused-ring (bicyclic) bond motifs is 4. The van der Waals surface area contributed by atoms with Crippen molar-refractivity contribution in [1.29, 1.82) is 0 Å². The summed E-state index contributed by atoms with van der Waals surface area (Å²) in [5.74, 6) is -2.28. The Labute approximate surface area is 505 Å². The van der Waals surface area contributed by atoms with E-state index in [0.717, 1.165) is 22.1 Å². The first-order valence-corrected chi connectivity index (χ1v) is 32.1. The van der Waals surface area contributed by atoms with E-state index in [9.17, 15) is 52.8 Å². The van der Waals surface area contributed by atoms with Crippen LogP contribution in [-0.4, -0.2) is 231 Å². The topological polar surface area (TPSA) is 459 Å². The minimum atomic E-state index is -5.28. The molecule has 8 rings (SSSR count). The van der Waals surface area contributed by atoms with Crippen LogP contribution in [-0.2, 0) is 74.8 Å². The van der Waals surface area contributed by atoms with E-state index in [1.807, 2.05) is 0 Å². The number of nitrogen functional groups attached to an aromatic ring is 2. The van der Waals surface area contributed by atoms with Crippen LogP contribution in [0.2, 0.25) is 0 Å². The minimum absolute atomic E-state index is 0.0466. The number of nitrogens with one attached hydrogen (secondary N) is 5. The first-order chi connectivity index (χ1) is 42.1. The van der Waals surface area contributed by atoms with E-state index in [1.54, 1.807) is 9.80 Å². The van der Waals surface area contributed by atoms with Gasteiger partial charge in [-0.3, -0.25) is 70.9 Å². The number of carbonyl (C=O) groups is 4. The number of ketones is 1. The highest BCUT2D eigenvalue weighted by atomic mass is 31.2. The molecule has 4 aliphatic rings. The van der Waals surface area contributed by atoms with Crippen LogP contribution in [0.3, 0.4) is 0 Å². The lowest BCUT2D eigenvalue weighted by Crippen LogP contribution is -3.11. The number of nitrogens with two attached hydrogens (primary N) is 2. The summed E-state index contributed by atoms with van der Waals surface area (Å²) in [5.41, 5.74) is 9.34. The maximum atomic E-state index is 13.8. The third-order valence-electron chi connectivity index (χ3n) is 14.6. The van der Waals surface area contributed by atoms with Crippen LogP contribution in [0, 0.1) is 0 Å². The quantitative estimate of drug-likeness (QED) is 0.0154. The number of aromatic nitrogens is 8. The highest BCUT2D eigenvalue weighted by molar-refractivity contribution is 7.47. The molecule has 35 nitrogen and oxygen atoms in total. The number of phosphoric acid groups is 2. The van der Waals surface area contributed by atoms with Crippen molar-refractivity contribution in [3.63, 3.8) is 0 Å². The Balaban J connectivity index is 0.000000788. The molecule has 0 radical (unpaired) electrons. The zero-order valence-electron chi connectivity index (χ0n) is 50.1. The van der Waals surface area contributed by atoms with Gasteiger partial charge >= 0.3 is 15.6 Å². The minimum Gasteiger partial charge on any atom is -0.386 e. The summed E-state index contributed by atoms with van der Waals surface area (Å²) < 4.78 is 85.3. The number of quaternary nitrogens is 2. The van der Waals surface area contributed by atoms with Gasteiger partial charge in [0.05, 0.1) is 111 Å². The fraction of sp³-hybridized carbons (Fsp3) is 0.686. The van der Waals surface area contributed by atoms with E-state index in [0.29, 0.717) is 13.0 Å². The number of hydrogen-bond acceptors (Lipinski definition) is 25. The van der Waals surface area contributed by atoms with E-state index in [-0.39, 0.29) is 112 Å². The highest BCUT2D eigenvalue weighted by Crippen LogP contribution is 2.54. The van der Waals surface area contributed by atoms with Gasteiger partial charge in [-0.15, -0.1) is 0 Å². The molecule has 4 aliphatic heterocycles. The average Bonchev–Trinajstić information content (AvgIpc) is 1.66. The number of aliphatic hydroxyl groups excluding tert-OH is 1. The van der Waals surface area contributed by atoms with Gasteiger partial charge in [-0.1, -0.05) is 0 Å². The first-order valence-electron chi connectivity index (χ1n) is 29.1. The second-order valence-electron chi connectivity index (χ2n) is 20.3. The lowest BCUT2D eigenvalue weighted by molar-refractivity contribution is -0.894. The summed E-state index contributed by atoms with van der Waals surface area (Å²) >= 11 is 0. The number of H-pyrrole nitrogens is 2. The summed E-state index contributed by atoms with van der Waals surface area (Å²) in [4.78, 5) is 121. The average molecular weight is 1290 g/mol. The molecule has 4 unspecified atom stereocenters. The Morgan fingerprint density at radius 2 is 1.08 bits per heavy atom. The van der Waals surface area contributed by atoms with Crippen LogP contribution in [0.4, 0.5) is 11.9 Å². The third-order valence-corrected chi connectivity index (χ3v) is 16.6. The molecule has 3 saturated heterocycles. The number of ether oxygens (including phenoxy) is 6. The molecule has 0 spiro atoms. The van der Waals surface area contributed by atoms with Crippen LogP contribution in [0.5, 0.6) is 0 Å². The number of imidazole rings is 2. The van der Waals surface area contributed by atoms with E-state index in [4.69, 9.17) is 58.0 Å². The smallest absolute Gasteiger partial charge is 0.386 e. The SMILES string of the molecule is CC[NH+](CC)CC.CC[NH+](CC)CC.Nc1nc2c(ncn2[C@@H]2O[C@@H]3COP(=O)(O)OC4[C@@H](COP(=O)(O)OC3[C@@H]2O)O[C@@H](n2cnc3c(=O)[nH]c(N)nc32)[C@H]4NC(=O)CCOCCOCCOCCOCCCC(=O)CCN2C(=O)C=CC2=O)c(=O)[nH]1. The van der Waals surface area contributed by atoms with Crippen molar-refractivity contribution < 1.29 is 99.5 Å². The number of imide groups is 1. The normalized spacial score (nSPS) is 25.5. The Bertz CT molecular complexity index is 3130. The van der Waals surface area contributed by atoms with Gasteiger partial charge in [0.2, 0.25) is 17.8 Å². The van der Waals surface area contributed by atoms with E-state index < -0.39 is 107 Å². The predicted molar refractivity (Wildman–Crippen MR) is 310 cm³/mol. The van der Waals surface area contributed by atoms with Gasteiger partial charge in [0.1, 0.15) is 42.3 Å². The summed E-state index contributed by atoms with van der Waals surface area (Å²) in [5, 5.41) is 14.0. The van der Waals surface area contributed by atoms with Crippen molar-refractivity contribution in [1.82, 2.24) is 49.3 Å². The maximum absolute atomic E-state index is 13.8. The zero-order valence-corrected chi connectivity index (χ0v) is 51.9. The molecule has 0 aliphatic carbocycles. The fourth-order valence-corrected chi connectivity index (χ4v) is 11.6. The van der Waals surface area contributed by atoms with E-state index in [1.165, 1.54) is 56.0 Å². The molecule has 492 valence electrons. The second kappa shape index (κ2) is 34.4. The van der Waals surface area contributed by atoms with Crippen LogP contribution in [0.15, 0.2) is 34.4 Å². The van der Waals surface area contributed by atoms with E-state index in [2.05, 4.69) is 76.8 Å². The fourth-order valence-electron chi connectivity index (χ4n) is 9.64. The Morgan fingerprint density at radius 3 is 1.56 bits per heavy atom. The molecular formula is C51H84N14O21P2+2. The molecule has 37 heteroatoms. The predicted octanol–water partition coefficient (Wildman–Crippen LogP) is -2.94. The van der Waals surface area contributed by atoms with Gasteiger partial charge in [0.25, 0.3) is 22.9 Å². The molecule has 3 amide bonds. The lowest BCUT2D eigenvalue weighted by atomic mass is 10.1. The highest BCUT2D eigenvalue weighted by Gasteiger charge is 2.55. The Hall–Kier alpha value is -5.82. The standard InChI is InChI=1S/C39H52N12O21P2.2C6H15N/c40-38-45-32-27(34(57)47-38)42-18-50(32)36-26(44-23(53)6-9-64-11-13-66-15-14-65-12-10-63-8-1-2-20(52)5-7-49-24(54)3-4-25(49)55)30-21(69-36)16-67-74(61,62)72-31-22(17-68-73(59,60)71-30)70-37(29(31)56)51-19-43-28-33(51)46-39(41)48-35(28)58;2*1-4-7(5-2)6-3/h3-4,18-19,21-22,26,29-31,36-37,56H,1-2,5-17H2,(H,44,53)(H,59,60)(H,61,62)(H3,40,45,47,57)(H3,41,46,48,58);2*4-6H2,1-3H3/p+2/t21-,22-,26+,29+,30?,31?,36-,37-;;/m1../s1. The molecule has 10 atom stereocenters. The number of hydrogen-bond donors (Lipinski definition) is 10. The van der Waals surface area contributed by atoms with Crippen LogP contribution in [0.1, 0.15) is 79.7 Å². The maximum Gasteiger partial charge on any atom is 0.472 e. The lowest BCUT2D eigenvalue weighted by Gasteiger charge is -2.29. The Morgan fingerprint density at radius 1 is 0.648 bits per heavy atom. The second-order valence-corrected chi connectivity index (χ2v) is 23.1. The van der Waals surface area contributed by atoms with Crippen LogP contribution in [0.25, 0.3) is 22.3 Å². The van der Waals surface area contributed by atoms with E-state index >= 15 is 0 Å². The van der Waals surface area contributed by atoms with Gasteiger partial charge in [0, 0.05) is 44.6 Å². The van der Waals surface area contributed by atoms with Crippen molar-refractivity contribution in [3.8, 4) is 0 Å². The number of amides is 3. The van der Waals surface area contributed by atoms with Crippen LogP contribution >= 0.6 is 15.6 Å². The Kier molecular flexibility index (Phi) is 27.9. The number of rotatable bonds is 28. The molecule has 88 heavy (non-hydrogen) atoms. The van der Waals surface area contributed by atoms with Crippen molar-refractivity contribution >= 4 is 73.4 Å². The molecule has 12 N–H and O–H groups in total. The number of phosphoric ester groups is 2. The van der Waals surface area contributed by atoms with Crippen molar-refractivity contribution in [2.24, 2.45) is 0 Å². The number of aliphatic hydroxyl groups is 1. The summed E-state index contributed by atoms with van der Waals surface area (Å²) in [6, 6.07) is -1.49. The summed E-state index contributed by atoms with van der Waals surface area (Å²) in [6.07, 6.45) is -6.58. The van der Waals surface area contributed by atoms with Gasteiger partial charge in [-0.05, 0) is 48.0 Å². The molecule has 3 fully saturated rings. The van der Waals surface area contributed by atoms with Gasteiger partial charge < -0.3 is 69.9 Å². The van der Waals surface area contributed by atoms with Gasteiger partial charge in [-0.2, -0.15) is 9.97 Å². The largest absolute Gasteiger partial charge is 0.472 e. The number of nitrogens with zero attached hydrogens (tertiary/aromatic N) is 7. The number of anilines is 2. The summed E-state index contributed by atoms with van der Waals surface area (Å²) in [7, 11) is -10.5. The third kappa shape index (κ3) is 20.1. The van der Waals surface area contributed by atoms with Crippen molar-refractivity contribution in [3.05, 3.63) is 45.5 Å². The number of aromatic amines is 2. The summed E-state index contributed by atoms with van der Waals surface area (Å²) in [6.45, 7) is 20.6. The first kappa shape index (κ1) is 71.3. The van der Waals surface area contributed by atoms with Crippen molar-refractivity contribution in [2.75, 3.05) is 123 Å². The number of Topliss-reactive ketones (excluding diaryl/α,β-unsaturated/α-hetero) is 1. The molecular weight excluding hydrogens is 1210 g/mol. The number of carbonyl (C=O) groups excluding carboxylic acids is 4. The molecule has 0 bridgehead atoms. The molecule has 4 aromatic heterocycles. The monoisotopic (exact) mass is 1290 g/mol.